The SMILES string of the molecule is CN(Cc1cccs1)C(=O)COc1cccc(Cl)c1. The van der Waals surface area contributed by atoms with Crippen LogP contribution in [0.15, 0.2) is 41.8 Å². The Morgan fingerprint density at radius 2 is 2.21 bits per heavy atom. The summed E-state index contributed by atoms with van der Waals surface area (Å²) in [5, 5.41) is 2.59. The second-order valence-electron chi connectivity index (χ2n) is 4.08. The molecule has 0 aliphatic rings. The molecule has 0 unspecified atom stereocenters. The van der Waals surface area contributed by atoms with Gasteiger partial charge in [0.1, 0.15) is 5.75 Å². The molecule has 19 heavy (non-hydrogen) atoms. The summed E-state index contributed by atoms with van der Waals surface area (Å²) >= 11 is 7.48. The van der Waals surface area contributed by atoms with E-state index in [0.29, 0.717) is 17.3 Å². The summed E-state index contributed by atoms with van der Waals surface area (Å²) < 4.78 is 5.42. The van der Waals surface area contributed by atoms with Crippen molar-refractivity contribution in [3.63, 3.8) is 0 Å². The Hall–Kier alpha value is -1.52. The van der Waals surface area contributed by atoms with Crippen LogP contribution in [0.2, 0.25) is 5.02 Å². The molecular weight excluding hydrogens is 282 g/mol. The lowest BCUT2D eigenvalue weighted by molar-refractivity contribution is -0.132. The van der Waals surface area contributed by atoms with Crippen LogP contribution in [-0.4, -0.2) is 24.5 Å². The Balaban J connectivity index is 1.84. The molecule has 100 valence electrons. The predicted molar refractivity (Wildman–Crippen MR) is 77.7 cm³/mol. The van der Waals surface area contributed by atoms with E-state index in [4.69, 9.17) is 16.3 Å². The maximum Gasteiger partial charge on any atom is 0.260 e. The monoisotopic (exact) mass is 295 g/mol. The average Bonchev–Trinajstić information content (AvgIpc) is 2.89. The first-order valence-electron chi connectivity index (χ1n) is 5.80. The Morgan fingerprint density at radius 3 is 2.89 bits per heavy atom. The fourth-order valence-corrected chi connectivity index (χ4v) is 2.47. The van der Waals surface area contributed by atoms with Crippen LogP contribution in [-0.2, 0) is 11.3 Å². The van der Waals surface area contributed by atoms with Crippen molar-refractivity contribution in [1.29, 1.82) is 0 Å². The number of hydrogen-bond donors (Lipinski definition) is 0. The number of rotatable bonds is 5. The van der Waals surface area contributed by atoms with Gasteiger partial charge in [0.25, 0.3) is 5.91 Å². The van der Waals surface area contributed by atoms with Gasteiger partial charge in [-0.3, -0.25) is 4.79 Å². The highest BCUT2D eigenvalue weighted by Gasteiger charge is 2.10. The number of hydrogen-bond acceptors (Lipinski definition) is 3. The largest absolute Gasteiger partial charge is 0.484 e. The third-order valence-corrected chi connectivity index (χ3v) is 3.65. The Kier molecular flexibility index (Phi) is 4.82. The molecule has 1 aromatic heterocycles. The number of benzene rings is 1. The van der Waals surface area contributed by atoms with Gasteiger partial charge < -0.3 is 9.64 Å². The molecule has 0 aliphatic heterocycles. The van der Waals surface area contributed by atoms with Crippen LogP contribution >= 0.6 is 22.9 Å². The zero-order valence-corrected chi connectivity index (χ0v) is 12.1. The van der Waals surface area contributed by atoms with Crippen molar-refractivity contribution in [2.24, 2.45) is 0 Å². The molecule has 2 rings (SSSR count). The Morgan fingerprint density at radius 1 is 1.37 bits per heavy atom. The molecule has 3 nitrogen and oxygen atoms in total. The number of halogens is 1. The van der Waals surface area contributed by atoms with Gasteiger partial charge in [-0.1, -0.05) is 23.7 Å². The quantitative estimate of drug-likeness (QED) is 0.846. The van der Waals surface area contributed by atoms with Gasteiger partial charge in [0, 0.05) is 16.9 Å². The minimum atomic E-state index is -0.0617. The molecule has 0 saturated heterocycles. The van der Waals surface area contributed by atoms with Crippen molar-refractivity contribution < 1.29 is 9.53 Å². The smallest absolute Gasteiger partial charge is 0.260 e. The lowest BCUT2D eigenvalue weighted by atomic mass is 10.3. The van der Waals surface area contributed by atoms with E-state index in [2.05, 4.69) is 0 Å². The third kappa shape index (κ3) is 4.26. The van der Waals surface area contributed by atoms with Gasteiger partial charge in [0.05, 0.1) is 6.54 Å². The number of carbonyl (C=O) groups is 1. The third-order valence-electron chi connectivity index (χ3n) is 2.56. The van der Waals surface area contributed by atoms with Gasteiger partial charge in [-0.15, -0.1) is 11.3 Å². The zero-order chi connectivity index (χ0) is 13.7. The van der Waals surface area contributed by atoms with Crippen molar-refractivity contribution in [3.05, 3.63) is 51.7 Å². The minimum Gasteiger partial charge on any atom is -0.484 e. The maximum absolute atomic E-state index is 11.9. The topological polar surface area (TPSA) is 29.5 Å². The molecule has 0 radical (unpaired) electrons. The molecule has 1 aromatic carbocycles. The first-order chi connectivity index (χ1) is 9.15. The van der Waals surface area contributed by atoms with Crippen LogP contribution in [0.1, 0.15) is 4.88 Å². The Bertz CT molecular complexity index is 542. The van der Waals surface area contributed by atoms with E-state index >= 15 is 0 Å². The summed E-state index contributed by atoms with van der Waals surface area (Å²) in [4.78, 5) is 14.7. The molecule has 0 bridgehead atoms. The number of nitrogens with zero attached hydrogens (tertiary/aromatic N) is 1. The molecule has 1 heterocycles. The molecule has 1 amide bonds. The van der Waals surface area contributed by atoms with Crippen molar-refractivity contribution in [2.75, 3.05) is 13.7 Å². The molecule has 0 spiro atoms. The predicted octanol–water partition coefficient (Wildman–Crippen LogP) is 3.44. The van der Waals surface area contributed by atoms with Crippen LogP contribution in [0, 0.1) is 0 Å². The van der Waals surface area contributed by atoms with Gasteiger partial charge >= 0.3 is 0 Å². The standard InChI is InChI=1S/C14H14ClNO2S/c1-16(9-13-6-3-7-19-13)14(17)10-18-12-5-2-4-11(15)8-12/h2-8H,9-10H2,1H3. The minimum absolute atomic E-state index is 0.0161. The van der Waals surface area contributed by atoms with Crippen LogP contribution in [0.5, 0.6) is 5.75 Å². The summed E-state index contributed by atoms with van der Waals surface area (Å²) in [6, 6.07) is 11.0. The summed E-state index contributed by atoms with van der Waals surface area (Å²) in [7, 11) is 1.77. The second kappa shape index (κ2) is 6.59. The molecule has 0 N–H and O–H groups in total. The maximum atomic E-state index is 11.9. The fraction of sp³-hybridized carbons (Fsp3) is 0.214. The lowest BCUT2D eigenvalue weighted by Crippen LogP contribution is -2.30. The number of amides is 1. The van der Waals surface area contributed by atoms with Crippen molar-refractivity contribution in [1.82, 2.24) is 4.90 Å². The number of ether oxygens (including phenoxy) is 1. The van der Waals surface area contributed by atoms with Crippen molar-refractivity contribution in [2.45, 2.75) is 6.54 Å². The molecule has 0 fully saturated rings. The van der Waals surface area contributed by atoms with Gasteiger partial charge in [-0.25, -0.2) is 0 Å². The van der Waals surface area contributed by atoms with E-state index in [0.717, 1.165) is 4.88 Å². The van der Waals surface area contributed by atoms with Crippen LogP contribution < -0.4 is 4.74 Å². The van der Waals surface area contributed by atoms with Crippen LogP contribution in [0.25, 0.3) is 0 Å². The molecule has 2 aromatic rings. The first kappa shape index (κ1) is 13.9. The van der Waals surface area contributed by atoms with Gasteiger partial charge in [0.15, 0.2) is 6.61 Å². The summed E-state index contributed by atoms with van der Waals surface area (Å²) in [6.45, 7) is 0.623. The first-order valence-corrected chi connectivity index (χ1v) is 7.05. The van der Waals surface area contributed by atoms with E-state index < -0.39 is 0 Å². The molecular formula is C14H14ClNO2S. The summed E-state index contributed by atoms with van der Waals surface area (Å²) in [6.07, 6.45) is 0. The van der Waals surface area contributed by atoms with E-state index in [1.807, 2.05) is 17.5 Å². The van der Waals surface area contributed by atoms with Crippen molar-refractivity contribution in [3.8, 4) is 5.75 Å². The van der Waals surface area contributed by atoms with Crippen molar-refractivity contribution >= 4 is 28.8 Å². The number of thiophene rings is 1. The van der Waals surface area contributed by atoms with Gasteiger partial charge in [-0.2, -0.15) is 0 Å². The van der Waals surface area contributed by atoms with E-state index in [9.17, 15) is 4.79 Å². The van der Waals surface area contributed by atoms with Crippen LogP contribution in [0.3, 0.4) is 0 Å². The lowest BCUT2D eigenvalue weighted by Gasteiger charge is -2.16. The average molecular weight is 296 g/mol. The molecule has 0 atom stereocenters. The molecule has 5 heteroatoms. The van der Waals surface area contributed by atoms with E-state index in [1.54, 1.807) is 47.5 Å². The highest BCUT2D eigenvalue weighted by molar-refractivity contribution is 7.09. The number of carbonyl (C=O) groups excluding carboxylic acids is 1. The highest BCUT2D eigenvalue weighted by Crippen LogP contribution is 2.17. The number of likely N-dealkylation sites (N-methyl/N-ethyl adjacent to an activating group) is 1. The highest BCUT2D eigenvalue weighted by atomic mass is 35.5. The van der Waals surface area contributed by atoms with Gasteiger partial charge in [0.2, 0.25) is 0 Å². The normalized spacial score (nSPS) is 10.2. The Labute approximate surface area is 121 Å². The molecule has 0 saturated carbocycles. The van der Waals surface area contributed by atoms with E-state index in [1.165, 1.54) is 0 Å². The van der Waals surface area contributed by atoms with E-state index in [-0.39, 0.29) is 12.5 Å². The van der Waals surface area contributed by atoms with Crippen LogP contribution in [0.4, 0.5) is 0 Å². The second-order valence-corrected chi connectivity index (χ2v) is 5.54. The summed E-state index contributed by atoms with van der Waals surface area (Å²) in [5.41, 5.74) is 0. The summed E-state index contributed by atoms with van der Waals surface area (Å²) in [5.74, 6) is 0.541. The van der Waals surface area contributed by atoms with Gasteiger partial charge in [-0.05, 0) is 29.6 Å². The molecule has 0 aliphatic carbocycles. The zero-order valence-electron chi connectivity index (χ0n) is 10.5. The fourth-order valence-electron chi connectivity index (χ4n) is 1.54.